The number of hydrogen-bond donors (Lipinski definition) is 0. The Hall–Kier alpha value is -0.890. The van der Waals surface area contributed by atoms with E-state index in [-0.39, 0.29) is 33.9 Å². The molecule has 0 aromatic rings. The van der Waals surface area contributed by atoms with E-state index in [9.17, 15) is 4.79 Å². The molecule has 16 saturated carbocycles. The molecule has 16 aliphatic carbocycles. The summed E-state index contributed by atoms with van der Waals surface area (Å²) in [5.41, 5.74) is 0.255. The van der Waals surface area contributed by atoms with Gasteiger partial charge in [-0.3, -0.25) is 4.90 Å². The minimum absolute atomic E-state index is 0.00454. The second-order valence-corrected chi connectivity index (χ2v) is 24.1. The van der Waals surface area contributed by atoms with Crippen molar-refractivity contribution >= 4 is 6.03 Å². The monoisotopic (exact) mass is 743 g/mol. The molecule has 16 bridgehead atoms. The lowest BCUT2D eigenvalue weighted by atomic mass is 9.43. The highest BCUT2D eigenvalue weighted by Crippen LogP contribution is 2.67. The molecule has 0 N–H and O–H groups in total. The largest absolute Gasteiger partial charge is 0.375 e. The minimum Gasteiger partial charge on any atom is -0.375 e. The smallest absolute Gasteiger partial charge is 0.323 e. The summed E-state index contributed by atoms with van der Waals surface area (Å²) >= 11 is 0. The van der Waals surface area contributed by atoms with Gasteiger partial charge in [-0.2, -0.15) is 0 Å². The van der Waals surface area contributed by atoms with E-state index in [1.54, 1.807) is 0 Å². The Morgan fingerprint density at radius 1 is 0.481 bits per heavy atom. The number of amides is 2. The number of nitrogens with zero attached hydrogens (tertiary/aromatic N) is 2. The Bertz CT molecular complexity index is 1420. The summed E-state index contributed by atoms with van der Waals surface area (Å²) in [6, 6.07) is 0.131. The van der Waals surface area contributed by atoms with Crippen molar-refractivity contribution in [3.05, 3.63) is 0 Å². The summed E-state index contributed by atoms with van der Waals surface area (Å²) < 4.78 is 29.3. The second-order valence-electron chi connectivity index (χ2n) is 24.1. The lowest BCUT2D eigenvalue weighted by Crippen LogP contribution is -2.65. The van der Waals surface area contributed by atoms with Crippen LogP contribution in [0.1, 0.15) is 148 Å². The van der Waals surface area contributed by atoms with E-state index in [2.05, 4.69) is 0 Å². The van der Waals surface area contributed by atoms with Crippen LogP contribution in [0.4, 0.5) is 4.79 Å². The van der Waals surface area contributed by atoms with Crippen molar-refractivity contribution in [2.45, 2.75) is 170 Å². The van der Waals surface area contributed by atoms with Gasteiger partial charge in [-0.15, -0.1) is 0 Å². The maximum atomic E-state index is 13.9. The Morgan fingerprint density at radius 2 is 0.907 bits per heavy atom. The molecule has 0 aromatic heterocycles. The van der Waals surface area contributed by atoms with Gasteiger partial charge >= 0.3 is 6.03 Å². The molecule has 0 radical (unpaired) electrons. The topological polar surface area (TPSA) is 60.2 Å². The van der Waals surface area contributed by atoms with Crippen LogP contribution < -0.4 is 0 Å². The van der Waals surface area contributed by atoms with Crippen LogP contribution in [0.5, 0.6) is 0 Å². The zero-order chi connectivity index (χ0) is 35.5. The maximum absolute atomic E-state index is 13.9. The number of ether oxygens (including phenoxy) is 4. The molecule has 0 aromatic carbocycles. The van der Waals surface area contributed by atoms with Gasteiger partial charge in [0.1, 0.15) is 13.5 Å². The van der Waals surface area contributed by atoms with Crippen molar-refractivity contribution in [2.75, 3.05) is 39.8 Å². The average Bonchev–Trinajstić information content (AvgIpc) is 3.95. The van der Waals surface area contributed by atoms with Gasteiger partial charge in [0, 0.05) is 18.5 Å². The highest BCUT2D eigenvalue weighted by molar-refractivity contribution is 5.76. The van der Waals surface area contributed by atoms with Crippen LogP contribution in [-0.2, 0) is 18.9 Å². The molecule has 1 saturated heterocycles. The Balaban J connectivity index is 0.755. The predicted molar refractivity (Wildman–Crippen MR) is 204 cm³/mol. The zero-order valence-corrected chi connectivity index (χ0v) is 33.4. The molecule has 17 fully saturated rings. The normalized spacial score (nSPS) is 56.0. The van der Waals surface area contributed by atoms with Crippen LogP contribution in [0.3, 0.4) is 0 Å². The van der Waals surface area contributed by atoms with Gasteiger partial charge in [-0.05, 0) is 219 Å². The van der Waals surface area contributed by atoms with E-state index in [4.69, 9.17) is 18.9 Å². The van der Waals surface area contributed by atoms with E-state index in [1.807, 2.05) is 9.80 Å². The van der Waals surface area contributed by atoms with Gasteiger partial charge in [0.25, 0.3) is 0 Å². The zero-order valence-electron chi connectivity index (χ0n) is 33.4. The molecule has 17 aliphatic rings. The first-order valence-electron chi connectivity index (χ1n) is 23.8. The molecule has 0 spiro atoms. The molecule has 7 heteroatoms. The third kappa shape index (κ3) is 5.62. The first kappa shape index (κ1) is 34.0. The maximum Gasteiger partial charge on any atom is 0.323 e. The fourth-order valence-corrected chi connectivity index (χ4v) is 19.3. The predicted octanol–water partition coefficient (Wildman–Crippen LogP) is 9.18. The van der Waals surface area contributed by atoms with Gasteiger partial charge in [-0.25, -0.2) is 4.79 Å². The molecule has 5 unspecified atom stereocenters. The molecule has 1 aliphatic heterocycles. The van der Waals surface area contributed by atoms with Crippen LogP contribution in [0, 0.1) is 76.4 Å². The number of rotatable bonds is 12. The number of carbonyl (C=O) groups excluding carboxylic acids is 1. The molecular formula is C47H70N2O5. The van der Waals surface area contributed by atoms with E-state index in [1.165, 1.54) is 128 Å². The van der Waals surface area contributed by atoms with Crippen LogP contribution in [0.15, 0.2) is 0 Å². The fraction of sp³-hybridized carbons (Fsp3) is 0.979. The SMILES string of the molecule is O=C(N1CC1)N(COC12CC3CC(CC(C3)C1)C2)COC12CC3CC(C1)C(COC14CC5CC(CC(C5)C1)C4)C(COC14CC5CC(CC(C5)C1)C4)(C3)C2. The number of urea groups is 1. The summed E-state index contributed by atoms with van der Waals surface area (Å²) in [7, 11) is 0. The summed E-state index contributed by atoms with van der Waals surface area (Å²) in [4.78, 5) is 17.8. The quantitative estimate of drug-likeness (QED) is 0.148. The average molecular weight is 743 g/mol. The van der Waals surface area contributed by atoms with E-state index < -0.39 is 0 Å². The van der Waals surface area contributed by atoms with Gasteiger partial charge in [0.05, 0.1) is 35.6 Å². The van der Waals surface area contributed by atoms with E-state index in [0.29, 0.717) is 31.2 Å². The third-order valence-corrected chi connectivity index (χ3v) is 19.9. The van der Waals surface area contributed by atoms with Crippen molar-refractivity contribution < 1.29 is 23.7 Å². The molecule has 7 nitrogen and oxygen atoms in total. The summed E-state index contributed by atoms with van der Waals surface area (Å²) in [5, 5.41) is 0. The van der Waals surface area contributed by atoms with Gasteiger partial charge in [-0.1, -0.05) is 0 Å². The molecule has 1 heterocycles. The van der Waals surface area contributed by atoms with Crippen molar-refractivity contribution in [2.24, 2.45) is 76.4 Å². The number of hydrogen-bond acceptors (Lipinski definition) is 5. The first-order valence-corrected chi connectivity index (χ1v) is 23.8. The first-order chi connectivity index (χ1) is 26.2. The molecular weight excluding hydrogens is 673 g/mol. The summed E-state index contributed by atoms with van der Waals surface area (Å²) in [6.45, 7) is 4.38. The van der Waals surface area contributed by atoms with Crippen LogP contribution in [0.25, 0.3) is 0 Å². The summed E-state index contributed by atoms with van der Waals surface area (Å²) in [6.07, 6.45) is 30.6. The highest BCUT2D eigenvalue weighted by atomic mass is 16.5. The van der Waals surface area contributed by atoms with Crippen molar-refractivity contribution in [1.82, 2.24) is 9.80 Å². The van der Waals surface area contributed by atoms with Gasteiger partial charge in [0.2, 0.25) is 0 Å². The summed E-state index contributed by atoms with van der Waals surface area (Å²) in [5.74, 6) is 9.91. The second kappa shape index (κ2) is 11.9. The van der Waals surface area contributed by atoms with Crippen molar-refractivity contribution in [3.63, 3.8) is 0 Å². The van der Waals surface area contributed by atoms with E-state index >= 15 is 0 Å². The van der Waals surface area contributed by atoms with Crippen LogP contribution in [0.2, 0.25) is 0 Å². The Kier molecular flexibility index (Phi) is 7.47. The lowest BCUT2D eigenvalue weighted by Gasteiger charge is -2.66. The van der Waals surface area contributed by atoms with Gasteiger partial charge in [0.15, 0.2) is 0 Å². The molecule has 298 valence electrons. The van der Waals surface area contributed by atoms with Crippen molar-refractivity contribution in [3.8, 4) is 0 Å². The standard InChI is InChI=1S/C47H70N2O5/c50-42(48-1-2-48)49(28-53-46-20-36-9-37(21-46)11-38(10-36)22-46)29-54-47-23-39-12-40(24-47)41(25-51-44-14-30-3-31(15-44)5-32(4-30)16-44)43(13-39,26-47)27-52-45-17-33-6-34(18-45)8-35(7-33)19-45/h30-41H,1-29H2. The Morgan fingerprint density at radius 3 is 1.39 bits per heavy atom. The van der Waals surface area contributed by atoms with Crippen molar-refractivity contribution in [1.29, 1.82) is 0 Å². The van der Waals surface area contributed by atoms with Gasteiger partial charge < -0.3 is 23.8 Å². The number of carbonyl (C=O) groups is 1. The third-order valence-electron chi connectivity index (χ3n) is 19.9. The minimum atomic E-state index is -0.161. The molecule has 54 heavy (non-hydrogen) atoms. The van der Waals surface area contributed by atoms with Crippen LogP contribution in [-0.4, -0.2) is 78.0 Å². The lowest BCUT2D eigenvalue weighted by molar-refractivity contribution is -0.277. The highest BCUT2D eigenvalue weighted by Gasteiger charge is 2.65. The van der Waals surface area contributed by atoms with Crippen LogP contribution >= 0.6 is 0 Å². The fourth-order valence-electron chi connectivity index (χ4n) is 19.3. The molecule has 5 atom stereocenters. The van der Waals surface area contributed by atoms with E-state index in [0.717, 1.165) is 98.8 Å². The molecule has 2 amide bonds. The molecule has 17 rings (SSSR count). The Labute approximate surface area is 325 Å².